The summed E-state index contributed by atoms with van der Waals surface area (Å²) in [6.07, 6.45) is 0.492. The Kier molecular flexibility index (Phi) is 5.56. The van der Waals surface area contributed by atoms with E-state index in [1.165, 1.54) is 0 Å². The van der Waals surface area contributed by atoms with Crippen LogP contribution in [0.15, 0.2) is 54.6 Å². The van der Waals surface area contributed by atoms with E-state index in [0.717, 1.165) is 23.5 Å². The predicted octanol–water partition coefficient (Wildman–Crippen LogP) is 3.39. The van der Waals surface area contributed by atoms with Gasteiger partial charge in [-0.1, -0.05) is 30.3 Å². The molecule has 1 saturated heterocycles. The lowest BCUT2D eigenvalue weighted by molar-refractivity contribution is 0.129. The molecule has 2 amide bonds. The molecule has 2 aromatic rings. The Morgan fingerprint density at radius 2 is 1.88 bits per heavy atom. The van der Waals surface area contributed by atoms with E-state index in [-0.39, 0.29) is 18.1 Å². The lowest BCUT2D eigenvalue weighted by Crippen LogP contribution is -2.38. The Morgan fingerprint density at radius 3 is 2.52 bits per heavy atom. The number of likely N-dealkylation sites (tertiary alicyclic amines) is 1. The van der Waals surface area contributed by atoms with Gasteiger partial charge in [0.1, 0.15) is 11.5 Å². The van der Waals surface area contributed by atoms with Gasteiger partial charge >= 0.3 is 6.03 Å². The lowest BCUT2D eigenvalue weighted by atomic mass is 10.0. The molecule has 132 valence electrons. The Labute approximate surface area is 148 Å². The highest BCUT2D eigenvalue weighted by Crippen LogP contribution is 2.22. The zero-order valence-electron chi connectivity index (χ0n) is 14.4. The second kappa shape index (κ2) is 8.03. The van der Waals surface area contributed by atoms with Crippen LogP contribution in [0.4, 0.5) is 4.79 Å². The maximum Gasteiger partial charge on any atom is 0.317 e. The smallest absolute Gasteiger partial charge is 0.317 e. The van der Waals surface area contributed by atoms with Crippen LogP contribution in [0.2, 0.25) is 0 Å². The number of aliphatic hydroxyl groups is 1. The van der Waals surface area contributed by atoms with Gasteiger partial charge in [-0.2, -0.15) is 0 Å². The van der Waals surface area contributed by atoms with Gasteiger partial charge in [0, 0.05) is 25.6 Å². The number of benzene rings is 2. The Balaban J connectivity index is 1.48. The van der Waals surface area contributed by atoms with E-state index in [4.69, 9.17) is 4.74 Å². The van der Waals surface area contributed by atoms with Crippen LogP contribution >= 0.6 is 0 Å². The summed E-state index contributed by atoms with van der Waals surface area (Å²) in [4.78, 5) is 14.0. The molecule has 1 aliphatic heterocycles. The summed E-state index contributed by atoms with van der Waals surface area (Å²) in [5, 5.41) is 12.6. The number of urea groups is 1. The summed E-state index contributed by atoms with van der Waals surface area (Å²) in [5.74, 6) is 1.74. The van der Waals surface area contributed by atoms with Crippen LogP contribution in [0, 0.1) is 5.92 Å². The quantitative estimate of drug-likeness (QED) is 0.877. The van der Waals surface area contributed by atoms with Crippen LogP contribution < -0.4 is 10.1 Å². The third-order valence-electron chi connectivity index (χ3n) is 4.54. The third kappa shape index (κ3) is 4.73. The standard InChI is InChI=1S/C20H24N2O3/c1-15(23)17-11-12-22(14-17)20(24)21-13-16-7-9-19(10-8-16)25-18-5-3-2-4-6-18/h2-10,15,17,23H,11-14H2,1H3,(H,21,24)/t15-,17+/m1/s1. The second-order valence-electron chi connectivity index (χ2n) is 6.45. The molecule has 2 atom stereocenters. The van der Waals surface area contributed by atoms with Gasteiger partial charge in [-0.05, 0) is 43.2 Å². The van der Waals surface area contributed by atoms with Crippen molar-refractivity contribution in [3.05, 3.63) is 60.2 Å². The SMILES string of the molecule is C[C@@H](O)[C@H]1CCN(C(=O)NCc2ccc(Oc3ccccc3)cc2)C1. The van der Waals surface area contributed by atoms with E-state index in [1.54, 1.807) is 11.8 Å². The number of hydrogen-bond donors (Lipinski definition) is 2. The van der Waals surface area contributed by atoms with Crippen LogP contribution in [-0.2, 0) is 6.54 Å². The fourth-order valence-electron chi connectivity index (χ4n) is 2.95. The van der Waals surface area contributed by atoms with Crippen LogP contribution in [0.25, 0.3) is 0 Å². The van der Waals surface area contributed by atoms with Crippen molar-refractivity contribution in [1.29, 1.82) is 0 Å². The molecule has 0 saturated carbocycles. The highest BCUT2D eigenvalue weighted by Gasteiger charge is 2.28. The number of hydrogen-bond acceptors (Lipinski definition) is 3. The number of para-hydroxylation sites is 1. The van der Waals surface area contributed by atoms with Gasteiger partial charge in [-0.25, -0.2) is 4.79 Å². The zero-order valence-corrected chi connectivity index (χ0v) is 14.4. The van der Waals surface area contributed by atoms with Crippen molar-refractivity contribution < 1.29 is 14.6 Å². The van der Waals surface area contributed by atoms with Gasteiger partial charge in [0.25, 0.3) is 0 Å². The van der Waals surface area contributed by atoms with Crippen molar-refractivity contribution in [2.24, 2.45) is 5.92 Å². The van der Waals surface area contributed by atoms with Gasteiger partial charge in [-0.15, -0.1) is 0 Å². The molecular weight excluding hydrogens is 316 g/mol. The number of ether oxygens (including phenoxy) is 1. The van der Waals surface area contributed by atoms with Crippen LogP contribution in [0.3, 0.4) is 0 Å². The molecule has 1 fully saturated rings. The van der Waals surface area contributed by atoms with Crippen LogP contribution in [0.5, 0.6) is 11.5 Å². The molecule has 1 heterocycles. The molecule has 0 aromatic heterocycles. The molecule has 0 radical (unpaired) electrons. The highest BCUT2D eigenvalue weighted by atomic mass is 16.5. The van der Waals surface area contributed by atoms with E-state index in [9.17, 15) is 9.90 Å². The molecule has 3 rings (SSSR count). The molecular formula is C20H24N2O3. The average molecular weight is 340 g/mol. The number of rotatable bonds is 5. The third-order valence-corrected chi connectivity index (χ3v) is 4.54. The average Bonchev–Trinajstić information content (AvgIpc) is 3.12. The number of carbonyl (C=O) groups excluding carboxylic acids is 1. The molecule has 25 heavy (non-hydrogen) atoms. The van der Waals surface area contributed by atoms with Crippen molar-refractivity contribution >= 4 is 6.03 Å². The van der Waals surface area contributed by atoms with Crippen molar-refractivity contribution in [3.63, 3.8) is 0 Å². The number of carbonyl (C=O) groups is 1. The highest BCUT2D eigenvalue weighted by molar-refractivity contribution is 5.74. The summed E-state index contributed by atoms with van der Waals surface area (Å²) in [5.41, 5.74) is 1.01. The van der Waals surface area contributed by atoms with Gasteiger partial charge in [0.15, 0.2) is 0 Å². The minimum atomic E-state index is -0.366. The second-order valence-corrected chi connectivity index (χ2v) is 6.45. The number of aliphatic hydroxyl groups excluding tert-OH is 1. The lowest BCUT2D eigenvalue weighted by Gasteiger charge is -2.18. The summed E-state index contributed by atoms with van der Waals surface area (Å²) in [6.45, 7) is 3.57. The zero-order chi connectivity index (χ0) is 17.6. The van der Waals surface area contributed by atoms with Gasteiger partial charge in [0.2, 0.25) is 0 Å². The first kappa shape index (κ1) is 17.3. The van der Waals surface area contributed by atoms with E-state index in [1.807, 2.05) is 54.6 Å². The fourth-order valence-corrected chi connectivity index (χ4v) is 2.95. The number of amides is 2. The normalized spacial score (nSPS) is 18.0. The van der Waals surface area contributed by atoms with Gasteiger partial charge in [0.05, 0.1) is 6.10 Å². The first-order chi connectivity index (χ1) is 12.1. The molecule has 0 spiro atoms. The molecule has 0 aliphatic carbocycles. The number of nitrogens with one attached hydrogen (secondary N) is 1. The molecule has 1 aliphatic rings. The van der Waals surface area contributed by atoms with E-state index in [2.05, 4.69) is 5.32 Å². The van der Waals surface area contributed by atoms with Gasteiger partial charge < -0.3 is 20.1 Å². The minimum Gasteiger partial charge on any atom is -0.457 e. The topological polar surface area (TPSA) is 61.8 Å². The monoisotopic (exact) mass is 340 g/mol. The van der Waals surface area contributed by atoms with Gasteiger partial charge in [-0.3, -0.25) is 0 Å². The molecule has 2 aromatic carbocycles. The Bertz CT molecular complexity index is 686. The predicted molar refractivity (Wildman–Crippen MR) is 96.6 cm³/mol. The molecule has 5 nitrogen and oxygen atoms in total. The largest absolute Gasteiger partial charge is 0.457 e. The molecule has 0 unspecified atom stereocenters. The van der Waals surface area contributed by atoms with Crippen LogP contribution in [-0.4, -0.2) is 35.2 Å². The van der Waals surface area contributed by atoms with Crippen molar-refractivity contribution in [1.82, 2.24) is 10.2 Å². The summed E-state index contributed by atoms with van der Waals surface area (Å²) in [6, 6.07) is 17.2. The molecule has 0 bridgehead atoms. The first-order valence-electron chi connectivity index (χ1n) is 8.64. The van der Waals surface area contributed by atoms with Crippen molar-refractivity contribution in [2.45, 2.75) is 26.0 Å². The minimum absolute atomic E-state index is 0.0761. The van der Waals surface area contributed by atoms with Crippen molar-refractivity contribution in [2.75, 3.05) is 13.1 Å². The van der Waals surface area contributed by atoms with E-state index in [0.29, 0.717) is 19.6 Å². The maximum atomic E-state index is 12.2. The van der Waals surface area contributed by atoms with E-state index >= 15 is 0 Å². The first-order valence-corrected chi connectivity index (χ1v) is 8.64. The maximum absolute atomic E-state index is 12.2. The van der Waals surface area contributed by atoms with E-state index < -0.39 is 0 Å². The summed E-state index contributed by atoms with van der Waals surface area (Å²) < 4.78 is 5.76. The van der Waals surface area contributed by atoms with Crippen LogP contribution in [0.1, 0.15) is 18.9 Å². The number of nitrogens with zero attached hydrogens (tertiary/aromatic N) is 1. The van der Waals surface area contributed by atoms with Crippen molar-refractivity contribution in [3.8, 4) is 11.5 Å². The Hall–Kier alpha value is -2.53. The Morgan fingerprint density at radius 1 is 1.20 bits per heavy atom. The summed E-state index contributed by atoms with van der Waals surface area (Å²) >= 11 is 0. The molecule has 2 N–H and O–H groups in total. The molecule has 5 heteroatoms. The fraction of sp³-hybridized carbons (Fsp3) is 0.350. The summed E-state index contributed by atoms with van der Waals surface area (Å²) in [7, 11) is 0.